The summed E-state index contributed by atoms with van der Waals surface area (Å²) >= 11 is 1.97. The molecule has 1 saturated heterocycles. The maximum atomic E-state index is 3.70. The maximum Gasteiger partial charge on any atom is 0.0235 e. The molecule has 1 heterocycles. The molecule has 0 aromatic heterocycles. The summed E-state index contributed by atoms with van der Waals surface area (Å²) in [5, 5.41) is 4.43. The monoisotopic (exact) mass is 278 g/mol. The second kappa shape index (κ2) is 7.93. The lowest BCUT2D eigenvalue weighted by Crippen LogP contribution is -2.41. The summed E-state index contributed by atoms with van der Waals surface area (Å²) in [5.74, 6) is 0. The van der Waals surface area contributed by atoms with Crippen LogP contribution in [0.3, 0.4) is 0 Å². The van der Waals surface area contributed by atoms with Crippen molar-refractivity contribution in [3.63, 3.8) is 0 Å². The van der Waals surface area contributed by atoms with E-state index in [1.807, 2.05) is 11.8 Å². The van der Waals surface area contributed by atoms with Crippen LogP contribution in [-0.2, 0) is 6.42 Å². The standard InChI is InChI=1S/C16H26N2S/c1-14(19-2)12-18-10-6-9-17-16(13-18)11-15-7-4-3-5-8-15/h3-5,7-8,14,16-17H,6,9-13H2,1-2H3. The number of nitrogens with zero attached hydrogens (tertiary/aromatic N) is 1. The number of rotatable bonds is 5. The van der Waals surface area contributed by atoms with Gasteiger partial charge in [-0.25, -0.2) is 0 Å². The van der Waals surface area contributed by atoms with Gasteiger partial charge in [0.15, 0.2) is 0 Å². The van der Waals surface area contributed by atoms with Gasteiger partial charge in [-0.15, -0.1) is 0 Å². The first kappa shape index (κ1) is 14.9. The molecule has 0 aliphatic carbocycles. The van der Waals surface area contributed by atoms with E-state index in [0.717, 1.165) is 18.2 Å². The topological polar surface area (TPSA) is 15.3 Å². The third kappa shape index (κ3) is 5.17. The van der Waals surface area contributed by atoms with Crippen molar-refractivity contribution in [2.24, 2.45) is 0 Å². The van der Waals surface area contributed by atoms with Crippen molar-refractivity contribution in [3.8, 4) is 0 Å². The van der Waals surface area contributed by atoms with Crippen molar-refractivity contribution in [3.05, 3.63) is 35.9 Å². The van der Waals surface area contributed by atoms with Crippen molar-refractivity contribution in [2.45, 2.75) is 31.1 Å². The van der Waals surface area contributed by atoms with E-state index >= 15 is 0 Å². The van der Waals surface area contributed by atoms with Gasteiger partial charge in [-0.2, -0.15) is 11.8 Å². The van der Waals surface area contributed by atoms with E-state index in [1.165, 1.54) is 31.6 Å². The van der Waals surface area contributed by atoms with Crippen molar-refractivity contribution >= 4 is 11.8 Å². The largest absolute Gasteiger partial charge is 0.312 e. The lowest BCUT2D eigenvalue weighted by atomic mass is 10.1. The van der Waals surface area contributed by atoms with Gasteiger partial charge >= 0.3 is 0 Å². The molecule has 1 fully saturated rings. The van der Waals surface area contributed by atoms with Gasteiger partial charge in [0, 0.05) is 24.4 Å². The molecular weight excluding hydrogens is 252 g/mol. The summed E-state index contributed by atoms with van der Waals surface area (Å²) in [5.41, 5.74) is 1.44. The Labute approximate surface area is 122 Å². The Bertz CT molecular complexity index is 355. The van der Waals surface area contributed by atoms with Gasteiger partial charge in [0.25, 0.3) is 0 Å². The van der Waals surface area contributed by atoms with Crippen molar-refractivity contribution in [2.75, 3.05) is 32.4 Å². The first-order chi connectivity index (χ1) is 9.28. The highest BCUT2D eigenvalue weighted by molar-refractivity contribution is 7.99. The Hall–Kier alpha value is -0.510. The number of hydrogen-bond acceptors (Lipinski definition) is 3. The van der Waals surface area contributed by atoms with Crippen LogP contribution in [-0.4, -0.2) is 48.6 Å². The lowest BCUT2D eigenvalue weighted by Gasteiger charge is -2.26. The van der Waals surface area contributed by atoms with Crippen LogP contribution in [0.4, 0.5) is 0 Å². The zero-order valence-electron chi connectivity index (χ0n) is 12.1. The van der Waals surface area contributed by atoms with Gasteiger partial charge in [-0.05, 0) is 37.8 Å². The molecule has 0 bridgehead atoms. The van der Waals surface area contributed by atoms with Crippen LogP contribution in [0.25, 0.3) is 0 Å². The molecule has 106 valence electrons. The van der Waals surface area contributed by atoms with Gasteiger partial charge in [0.2, 0.25) is 0 Å². The Balaban J connectivity index is 1.89. The molecule has 0 radical (unpaired) electrons. The molecule has 19 heavy (non-hydrogen) atoms. The normalized spacial score (nSPS) is 22.9. The Morgan fingerprint density at radius 1 is 1.37 bits per heavy atom. The molecule has 2 unspecified atom stereocenters. The van der Waals surface area contributed by atoms with Crippen LogP contribution in [0.2, 0.25) is 0 Å². The SMILES string of the molecule is CSC(C)CN1CCCNC(Cc2ccccc2)C1. The van der Waals surface area contributed by atoms with E-state index in [1.54, 1.807) is 0 Å². The fourth-order valence-corrected chi connectivity index (χ4v) is 3.08. The molecule has 0 spiro atoms. The molecular formula is C16H26N2S. The minimum atomic E-state index is 0.596. The minimum absolute atomic E-state index is 0.596. The predicted molar refractivity (Wildman–Crippen MR) is 86.0 cm³/mol. The summed E-state index contributed by atoms with van der Waals surface area (Å²) in [6.07, 6.45) is 4.62. The second-order valence-electron chi connectivity index (χ2n) is 5.50. The molecule has 0 amide bonds. The number of benzene rings is 1. The zero-order chi connectivity index (χ0) is 13.5. The van der Waals surface area contributed by atoms with Crippen LogP contribution in [0.5, 0.6) is 0 Å². The van der Waals surface area contributed by atoms with E-state index < -0.39 is 0 Å². The van der Waals surface area contributed by atoms with E-state index in [0.29, 0.717) is 6.04 Å². The van der Waals surface area contributed by atoms with Crippen LogP contribution < -0.4 is 5.32 Å². The predicted octanol–water partition coefficient (Wildman–Crippen LogP) is 2.64. The first-order valence-corrected chi connectivity index (χ1v) is 8.59. The summed E-state index contributed by atoms with van der Waals surface area (Å²) in [6.45, 7) is 7.12. The van der Waals surface area contributed by atoms with Gasteiger partial charge < -0.3 is 10.2 Å². The maximum absolute atomic E-state index is 3.70. The smallest absolute Gasteiger partial charge is 0.0235 e. The third-order valence-electron chi connectivity index (χ3n) is 3.81. The lowest BCUT2D eigenvalue weighted by molar-refractivity contribution is 0.270. The fourth-order valence-electron chi connectivity index (χ4n) is 2.72. The van der Waals surface area contributed by atoms with Crippen molar-refractivity contribution in [1.29, 1.82) is 0 Å². The summed E-state index contributed by atoms with van der Waals surface area (Å²) in [7, 11) is 0. The fraction of sp³-hybridized carbons (Fsp3) is 0.625. The van der Waals surface area contributed by atoms with E-state index in [4.69, 9.17) is 0 Å². The molecule has 2 rings (SSSR count). The van der Waals surface area contributed by atoms with Gasteiger partial charge in [0.05, 0.1) is 0 Å². The molecule has 2 atom stereocenters. The summed E-state index contributed by atoms with van der Waals surface area (Å²) in [6, 6.07) is 11.4. The molecule has 1 aromatic rings. The highest BCUT2D eigenvalue weighted by Gasteiger charge is 2.19. The molecule has 1 aliphatic heterocycles. The highest BCUT2D eigenvalue weighted by atomic mass is 32.2. The molecule has 1 N–H and O–H groups in total. The van der Waals surface area contributed by atoms with Crippen molar-refractivity contribution < 1.29 is 0 Å². The zero-order valence-corrected chi connectivity index (χ0v) is 13.0. The van der Waals surface area contributed by atoms with Crippen LogP contribution >= 0.6 is 11.8 Å². The average molecular weight is 278 g/mol. The van der Waals surface area contributed by atoms with Gasteiger partial charge in [-0.1, -0.05) is 37.3 Å². The minimum Gasteiger partial charge on any atom is -0.312 e. The molecule has 1 aromatic carbocycles. The van der Waals surface area contributed by atoms with E-state index in [-0.39, 0.29) is 0 Å². The number of hydrogen-bond donors (Lipinski definition) is 1. The quantitative estimate of drug-likeness (QED) is 0.891. The molecule has 2 nitrogen and oxygen atoms in total. The summed E-state index contributed by atoms with van der Waals surface area (Å²) in [4.78, 5) is 2.63. The van der Waals surface area contributed by atoms with Crippen molar-refractivity contribution in [1.82, 2.24) is 10.2 Å². The van der Waals surface area contributed by atoms with Crippen LogP contribution in [0.15, 0.2) is 30.3 Å². The number of thioether (sulfide) groups is 1. The third-order valence-corrected chi connectivity index (χ3v) is 4.76. The Morgan fingerprint density at radius 3 is 2.89 bits per heavy atom. The van der Waals surface area contributed by atoms with E-state index in [2.05, 4.69) is 53.7 Å². The average Bonchev–Trinajstić information content (AvgIpc) is 2.65. The molecule has 1 aliphatic rings. The highest BCUT2D eigenvalue weighted by Crippen LogP contribution is 2.12. The second-order valence-corrected chi connectivity index (χ2v) is 6.78. The first-order valence-electron chi connectivity index (χ1n) is 7.30. The number of nitrogens with one attached hydrogen (secondary N) is 1. The Kier molecular flexibility index (Phi) is 6.21. The Morgan fingerprint density at radius 2 is 2.16 bits per heavy atom. The molecule has 3 heteroatoms. The summed E-state index contributed by atoms with van der Waals surface area (Å²) < 4.78 is 0. The molecule has 0 saturated carbocycles. The van der Waals surface area contributed by atoms with Crippen LogP contribution in [0, 0.1) is 0 Å². The van der Waals surface area contributed by atoms with Gasteiger partial charge in [-0.3, -0.25) is 0 Å². The van der Waals surface area contributed by atoms with E-state index in [9.17, 15) is 0 Å². The van der Waals surface area contributed by atoms with Crippen LogP contribution in [0.1, 0.15) is 18.9 Å². The van der Waals surface area contributed by atoms with Gasteiger partial charge in [0.1, 0.15) is 0 Å².